The van der Waals surface area contributed by atoms with Gasteiger partial charge in [0.25, 0.3) is 0 Å². The van der Waals surface area contributed by atoms with Crippen molar-refractivity contribution in [3.63, 3.8) is 0 Å². The van der Waals surface area contributed by atoms with Gasteiger partial charge in [-0.2, -0.15) is 0 Å². The zero-order valence-electron chi connectivity index (χ0n) is 13.5. The van der Waals surface area contributed by atoms with Crippen LogP contribution in [0.3, 0.4) is 0 Å². The lowest BCUT2D eigenvalue weighted by atomic mass is 10.0. The van der Waals surface area contributed by atoms with Crippen LogP contribution in [0.5, 0.6) is 0 Å². The first-order chi connectivity index (χ1) is 10.1. The van der Waals surface area contributed by atoms with Crippen molar-refractivity contribution in [2.24, 2.45) is 0 Å². The van der Waals surface area contributed by atoms with Crippen LogP contribution in [0.1, 0.15) is 31.9 Å². The van der Waals surface area contributed by atoms with E-state index in [9.17, 15) is 4.39 Å². The minimum absolute atomic E-state index is 0.0575. The summed E-state index contributed by atoms with van der Waals surface area (Å²) in [5, 5.41) is 3.44. The maximum absolute atomic E-state index is 14.1. The maximum Gasteiger partial charge on any atom is 0.128 e. The monoisotopic (exact) mass is 293 g/mol. The minimum atomic E-state index is -0.108. The van der Waals surface area contributed by atoms with E-state index < -0.39 is 0 Å². The number of nitrogens with one attached hydrogen (secondary N) is 1. The Kier molecular flexibility index (Phi) is 6.15. The Morgan fingerprint density at radius 1 is 1.33 bits per heavy atom. The van der Waals surface area contributed by atoms with E-state index in [1.54, 1.807) is 12.1 Å². The van der Waals surface area contributed by atoms with Gasteiger partial charge >= 0.3 is 0 Å². The number of benzene rings is 1. The fourth-order valence-corrected chi connectivity index (χ4v) is 3.20. The zero-order chi connectivity index (χ0) is 15.2. The van der Waals surface area contributed by atoms with Crippen molar-refractivity contribution >= 4 is 0 Å². The Hall–Kier alpha value is -0.970. The second-order valence-corrected chi connectivity index (χ2v) is 6.09. The summed E-state index contributed by atoms with van der Waals surface area (Å²) in [4.78, 5) is 4.87. The second-order valence-electron chi connectivity index (χ2n) is 6.09. The molecule has 1 aliphatic rings. The number of nitrogens with zero attached hydrogens (tertiary/aromatic N) is 2. The fourth-order valence-electron chi connectivity index (χ4n) is 3.20. The van der Waals surface area contributed by atoms with Crippen molar-refractivity contribution in [2.45, 2.75) is 32.4 Å². The largest absolute Gasteiger partial charge is 0.309 e. The Bertz CT molecular complexity index is 438. The van der Waals surface area contributed by atoms with Crippen LogP contribution in [0, 0.1) is 5.82 Å². The molecule has 1 aliphatic heterocycles. The van der Waals surface area contributed by atoms with Crippen LogP contribution < -0.4 is 5.32 Å². The molecule has 0 radical (unpaired) electrons. The van der Waals surface area contributed by atoms with E-state index in [0.717, 1.165) is 38.3 Å². The molecular weight excluding hydrogens is 265 g/mol. The molecule has 118 valence electrons. The van der Waals surface area contributed by atoms with Crippen LogP contribution in [0.25, 0.3) is 0 Å². The summed E-state index contributed by atoms with van der Waals surface area (Å²) in [6, 6.07) is 7.69. The normalized spacial score (nSPS) is 23.0. The molecule has 2 unspecified atom stereocenters. The number of rotatable bonds is 5. The first kappa shape index (κ1) is 16.4. The lowest BCUT2D eigenvalue weighted by molar-refractivity contribution is 0.182. The van der Waals surface area contributed by atoms with Gasteiger partial charge in [0, 0.05) is 30.7 Å². The lowest BCUT2D eigenvalue weighted by Crippen LogP contribution is -2.43. The molecule has 4 heteroatoms. The van der Waals surface area contributed by atoms with Gasteiger partial charge in [-0.1, -0.05) is 25.1 Å². The van der Waals surface area contributed by atoms with E-state index >= 15 is 0 Å². The Morgan fingerprint density at radius 3 is 2.81 bits per heavy atom. The summed E-state index contributed by atoms with van der Waals surface area (Å²) < 4.78 is 14.1. The molecule has 0 spiro atoms. The molecule has 1 heterocycles. The summed E-state index contributed by atoms with van der Waals surface area (Å²) in [6.45, 7) is 9.37. The molecule has 0 saturated carbocycles. The third-order valence-corrected chi connectivity index (χ3v) is 4.33. The summed E-state index contributed by atoms with van der Waals surface area (Å²) in [6.07, 6.45) is 1.18. The average Bonchev–Trinajstić information content (AvgIpc) is 2.60. The highest BCUT2D eigenvalue weighted by molar-refractivity contribution is 5.21. The molecule has 1 fully saturated rings. The van der Waals surface area contributed by atoms with Crippen molar-refractivity contribution in [2.75, 3.05) is 39.8 Å². The van der Waals surface area contributed by atoms with Gasteiger partial charge in [-0.05, 0) is 46.1 Å². The first-order valence-corrected chi connectivity index (χ1v) is 8.02. The van der Waals surface area contributed by atoms with Crippen molar-refractivity contribution in [3.8, 4) is 0 Å². The number of halogens is 1. The van der Waals surface area contributed by atoms with E-state index in [1.165, 1.54) is 6.42 Å². The fraction of sp³-hybridized carbons (Fsp3) is 0.647. The highest BCUT2D eigenvalue weighted by Crippen LogP contribution is 2.20. The molecule has 1 saturated heterocycles. The van der Waals surface area contributed by atoms with Gasteiger partial charge in [0.05, 0.1) is 0 Å². The van der Waals surface area contributed by atoms with Crippen LogP contribution in [0.2, 0.25) is 0 Å². The molecule has 0 amide bonds. The van der Waals surface area contributed by atoms with E-state index in [2.05, 4.69) is 36.0 Å². The Labute approximate surface area is 128 Å². The third-order valence-electron chi connectivity index (χ3n) is 4.33. The van der Waals surface area contributed by atoms with Gasteiger partial charge in [-0.15, -0.1) is 0 Å². The minimum Gasteiger partial charge on any atom is -0.309 e. The third kappa shape index (κ3) is 4.50. The SMILES string of the molecule is CCNC(CN1CCCN(C)CC1C)c1ccccc1F. The predicted molar refractivity (Wildman–Crippen MR) is 86.0 cm³/mol. The molecule has 0 bridgehead atoms. The standard InChI is InChI=1S/C17H28FN3/c1-4-19-17(15-8-5-6-9-16(15)18)13-21-11-7-10-20(3)12-14(21)2/h5-6,8-9,14,17,19H,4,7,10-13H2,1-3H3. The molecule has 2 atom stereocenters. The zero-order valence-corrected chi connectivity index (χ0v) is 13.5. The van der Waals surface area contributed by atoms with Gasteiger partial charge in [-0.3, -0.25) is 4.90 Å². The van der Waals surface area contributed by atoms with Crippen LogP contribution in [-0.4, -0.2) is 55.6 Å². The Morgan fingerprint density at radius 2 is 2.10 bits per heavy atom. The average molecular weight is 293 g/mol. The van der Waals surface area contributed by atoms with Crippen LogP contribution >= 0.6 is 0 Å². The van der Waals surface area contributed by atoms with Gasteiger partial charge in [0.1, 0.15) is 5.82 Å². The molecule has 0 aliphatic carbocycles. The highest BCUT2D eigenvalue weighted by Gasteiger charge is 2.24. The summed E-state index contributed by atoms with van der Waals surface area (Å²) in [5.41, 5.74) is 0.782. The highest BCUT2D eigenvalue weighted by atomic mass is 19.1. The smallest absolute Gasteiger partial charge is 0.128 e. The number of hydrogen-bond donors (Lipinski definition) is 1. The maximum atomic E-state index is 14.1. The molecule has 1 N–H and O–H groups in total. The van der Waals surface area contributed by atoms with E-state index in [0.29, 0.717) is 6.04 Å². The van der Waals surface area contributed by atoms with Gasteiger partial charge in [0.15, 0.2) is 0 Å². The Balaban J connectivity index is 2.10. The molecule has 1 aromatic rings. The molecule has 2 rings (SSSR count). The topological polar surface area (TPSA) is 18.5 Å². The van der Waals surface area contributed by atoms with Gasteiger partial charge in [-0.25, -0.2) is 4.39 Å². The van der Waals surface area contributed by atoms with Gasteiger partial charge in [0.2, 0.25) is 0 Å². The van der Waals surface area contributed by atoms with Crippen molar-refractivity contribution in [1.82, 2.24) is 15.1 Å². The molecule has 3 nitrogen and oxygen atoms in total. The molecule has 0 aromatic heterocycles. The second kappa shape index (κ2) is 7.87. The van der Waals surface area contributed by atoms with E-state index in [-0.39, 0.29) is 11.9 Å². The molecular formula is C17H28FN3. The van der Waals surface area contributed by atoms with E-state index in [4.69, 9.17) is 0 Å². The number of hydrogen-bond acceptors (Lipinski definition) is 3. The van der Waals surface area contributed by atoms with Crippen LogP contribution in [-0.2, 0) is 0 Å². The summed E-state index contributed by atoms with van der Waals surface area (Å²) in [5.74, 6) is -0.108. The molecule has 1 aromatic carbocycles. The number of likely N-dealkylation sites (N-methyl/N-ethyl adjacent to an activating group) is 2. The van der Waals surface area contributed by atoms with Crippen LogP contribution in [0.15, 0.2) is 24.3 Å². The van der Waals surface area contributed by atoms with E-state index in [1.807, 2.05) is 12.1 Å². The van der Waals surface area contributed by atoms with Crippen molar-refractivity contribution < 1.29 is 4.39 Å². The van der Waals surface area contributed by atoms with Crippen LogP contribution in [0.4, 0.5) is 4.39 Å². The van der Waals surface area contributed by atoms with Gasteiger partial charge < -0.3 is 10.2 Å². The first-order valence-electron chi connectivity index (χ1n) is 8.02. The lowest BCUT2D eigenvalue weighted by Gasteiger charge is -2.32. The van der Waals surface area contributed by atoms with Crippen molar-refractivity contribution in [1.29, 1.82) is 0 Å². The molecule has 21 heavy (non-hydrogen) atoms. The summed E-state index contributed by atoms with van der Waals surface area (Å²) in [7, 11) is 2.18. The summed E-state index contributed by atoms with van der Waals surface area (Å²) >= 11 is 0. The van der Waals surface area contributed by atoms with Crippen molar-refractivity contribution in [3.05, 3.63) is 35.6 Å². The quantitative estimate of drug-likeness (QED) is 0.900. The predicted octanol–water partition coefficient (Wildman–Crippen LogP) is 2.50.